The topological polar surface area (TPSA) is 93.5 Å². The molecule has 8 heteroatoms. The zero-order valence-corrected chi connectivity index (χ0v) is 16.1. The minimum absolute atomic E-state index is 0.0443. The van der Waals surface area contributed by atoms with E-state index >= 15 is 0 Å². The first-order chi connectivity index (χ1) is 12.9. The minimum Gasteiger partial charge on any atom is -0.507 e. The Labute approximate surface area is 158 Å². The van der Waals surface area contributed by atoms with Crippen molar-refractivity contribution in [2.45, 2.75) is 18.7 Å². The number of rotatable bonds is 6. The summed E-state index contributed by atoms with van der Waals surface area (Å²) in [7, 11) is -2.43. The summed E-state index contributed by atoms with van der Waals surface area (Å²) in [5.74, 6) is -0.0308. The number of sulfonamides is 1. The Bertz CT molecular complexity index is 1070. The summed E-state index contributed by atoms with van der Waals surface area (Å²) >= 11 is 0. The van der Waals surface area contributed by atoms with E-state index in [-0.39, 0.29) is 22.9 Å². The lowest BCUT2D eigenvalue weighted by Gasteiger charge is -2.15. The van der Waals surface area contributed by atoms with Gasteiger partial charge in [-0.25, -0.2) is 17.8 Å². The van der Waals surface area contributed by atoms with E-state index < -0.39 is 10.0 Å². The highest BCUT2D eigenvalue weighted by atomic mass is 32.2. The first-order valence-corrected chi connectivity index (χ1v) is 9.88. The SMILES string of the molecule is CCNS(=O)(=O)c1cc(-c2ccnn2-c2ccccc2C)c(O)cc1OC. The largest absolute Gasteiger partial charge is 0.507 e. The van der Waals surface area contributed by atoms with Gasteiger partial charge in [0.1, 0.15) is 16.4 Å². The molecule has 0 spiro atoms. The fraction of sp³-hybridized carbons (Fsp3) is 0.211. The second-order valence-electron chi connectivity index (χ2n) is 5.94. The van der Waals surface area contributed by atoms with Crippen LogP contribution in [0.2, 0.25) is 0 Å². The quantitative estimate of drug-likeness (QED) is 0.678. The first kappa shape index (κ1) is 18.9. The van der Waals surface area contributed by atoms with Gasteiger partial charge in [0.2, 0.25) is 10.0 Å². The van der Waals surface area contributed by atoms with E-state index in [0.717, 1.165) is 11.3 Å². The summed E-state index contributed by atoms with van der Waals surface area (Å²) in [5, 5.41) is 14.9. The van der Waals surface area contributed by atoms with E-state index in [1.165, 1.54) is 19.2 Å². The van der Waals surface area contributed by atoms with E-state index in [0.29, 0.717) is 11.3 Å². The molecule has 0 aliphatic rings. The molecule has 142 valence electrons. The van der Waals surface area contributed by atoms with Crippen LogP contribution in [0.4, 0.5) is 0 Å². The number of phenolic OH excluding ortho intramolecular Hbond substituents is 1. The van der Waals surface area contributed by atoms with Gasteiger partial charge in [0.05, 0.1) is 24.7 Å². The van der Waals surface area contributed by atoms with Crippen molar-refractivity contribution in [1.82, 2.24) is 14.5 Å². The van der Waals surface area contributed by atoms with Crippen molar-refractivity contribution in [3.8, 4) is 28.4 Å². The van der Waals surface area contributed by atoms with Gasteiger partial charge in [-0.2, -0.15) is 5.10 Å². The average Bonchev–Trinajstić information content (AvgIpc) is 3.10. The fourth-order valence-corrected chi connectivity index (χ4v) is 4.11. The molecule has 1 heterocycles. The normalized spacial score (nSPS) is 11.5. The van der Waals surface area contributed by atoms with Crippen LogP contribution in [0.15, 0.2) is 53.6 Å². The van der Waals surface area contributed by atoms with Crippen molar-refractivity contribution in [3.63, 3.8) is 0 Å². The maximum Gasteiger partial charge on any atom is 0.244 e. The van der Waals surface area contributed by atoms with Crippen LogP contribution in [0.25, 0.3) is 16.9 Å². The van der Waals surface area contributed by atoms with E-state index in [9.17, 15) is 13.5 Å². The number of nitrogens with zero attached hydrogens (tertiary/aromatic N) is 2. The second kappa shape index (κ2) is 7.42. The molecule has 0 amide bonds. The van der Waals surface area contributed by atoms with Gasteiger partial charge in [0, 0.05) is 18.2 Å². The third-order valence-corrected chi connectivity index (χ3v) is 5.73. The van der Waals surface area contributed by atoms with Crippen LogP contribution in [-0.4, -0.2) is 37.0 Å². The van der Waals surface area contributed by atoms with Gasteiger partial charge in [-0.15, -0.1) is 0 Å². The van der Waals surface area contributed by atoms with Crippen LogP contribution >= 0.6 is 0 Å². The number of hydrogen-bond acceptors (Lipinski definition) is 5. The van der Waals surface area contributed by atoms with Crippen LogP contribution in [0.5, 0.6) is 11.5 Å². The number of hydrogen-bond donors (Lipinski definition) is 2. The Morgan fingerprint density at radius 3 is 2.63 bits per heavy atom. The number of phenols is 1. The van der Waals surface area contributed by atoms with Crippen LogP contribution in [0.1, 0.15) is 12.5 Å². The number of aromatic nitrogens is 2. The van der Waals surface area contributed by atoms with Gasteiger partial charge in [-0.3, -0.25) is 0 Å². The molecule has 2 aromatic carbocycles. The van der Waals surface area contributed by atoms with Crippen molar-refractivity contribution < 1.29 is 18.3 Å². The summed E-state index contributed by atoms with van der Waals surface area (Å²) in [6, 6.07) is 12.1. The number of benzene rings is 2. The molecular weight excluding hydrogens is 366 g/mol. The number of nitrogens with one attached hydrogen (secondary N) is 1. The van der Waals surface area contributed by atoms with E-state index in [2.05, 4.69) is 9.82 Å². The number of aromatic hydroxyl groups is 1. The molecule has 27 heavy (non-hydrogen) atoms. The van der Waals surface area contributed by atoms with Crippen LogP contribution in [0, 0.1) is 6.92 Å². The number of aryl methyl sites for hydroxylation is 1. The summed E-state index contributed by atoms with van der Waals surface area (Å²) in [5.41, 5.74) is 2.74. The van der Waals surface area contributed by atoms with Crippen LogP contribution < -0.4 is 9.46 Å². The highest BCUT2D eigenvalue weighted by Gasteiger charge is 2.23. The molecule has 0 radical (unpaired) electrons. The van der Waals surface area contributed by atoms with Gasteiger partial charge in [-0.05, 0) is 30.7 Å². The zero-order valence-electron chi connectivity index (χ0n) is 15.3. The molecule has 0 fully saturated rings. The lowest BCUT2D eigenvalue weighted by atomic mass is 10.1. The Morgan fingerprint density at radius 1 is 1.22 bits per heavy atom. The van der Waals surface area contributed by atoms with E-state index in [1.54, 1.807) is 23.9 Å². The molecule has 2 N–H and O–H groups in total. The number of para-hydroxylation sites is 1. The van der Waals surface area contributed by atoms with E-state index in [4.69, 9.17) is 4.74 Å². The lowest BCUT2D eigenvalue weighted by Crippen LogP contribution is -2.23. The maximum absolute atomic E-state index is 12.6. The van der Waals surface area contributed by atoms with Crippen molar-refractivity contribution in [3.05, 3.63) is 54.2 Å². The number of methoxy groups -OCH3 is 1. The van der Waals surface area contributed by atoms with Crippen molar-refractivity contribution >= 4 is 10.0 Å². The van der Waals surface area contributed by atoms with Crippen LogP contribution in [0.3, 0.4) is 0 Å². The molecule has 3 rings (SSSR count). The molecule has 7 nitrogen and oxygen atoms in total. The smallest absolute Gasteiger partial charge is 0.244 e. The second-order valence-corrected chi connectivity index (χ2v) is 7.67. The van der Waals surface area contributed by atoms with Gasteiger partial charge >= 0.3 is 0 Å². The highest BCUT2D eigenvalue weighted by Crippen LogP contribution is 2.38. The molecule has 3 aromatic rings. The Kier molecular flexibility index (Phi) is 5.20. The third kappa shape index (κ3) is 3.54. The summed E-state index contributed by atoms with van der Waals surface area (Å²) < 4.78 is 34.4. The molecule has 0 aliphatic carbocycles. The molecule has 0 aliphatic heterocycles. The summed E-state index contributed by atoms with van der Waals surface area (Å²) in [6.45, 7) is 3.89. The van der Waals surface area contributed by atoms with Crippen molar-refractivity contribution in [1.29, 1.82) is 0 Å². The molecular formula is C19H21N3O4S. The monoisotopic (exact) mass is 387 g/mol. The molecule has 0 bridgehead atoms. The molecule has 0 atom stereocenters. The number of ether oxygens (including phenoxy) is 1. The predicted octanol–water partition coefficient (Wildman–Crippen LogP) is 2.86. The Balaban J connectivity index is 2.23. The van der Waals surface area contributed by atoms with Crippen molar-refractivity contribution in [2.75, 3.05) is 13.7 Å². The fourth-order valence-electron chi connectivity index (χ4n) is 2.89. The first-order valence-electron chi connectivity index (χ1n) is 8.40. The van der Waals surface area contributed by atoms with Gasteiger partial charge in [-0.1, -0.05) is 25.1 Å². The van der Waals surface area contributed by atoms with Gasteiger partial charge in [0.15, 0.2) is 0 Å². The van der Waals surface area contributed by atoms with Gasteiger partial charge in [0.25, 0.3) is 0 Å². The van der Waals surface area contributed by atoms with E-state index in [1.807, 2.05) is 31.2 Å². The Morgan fingerprint density at radius 2 is 1.96 bits per heavy atom. The van der Waals surface area contributed by atoms with Crippen molar-refractivity contribution in [2.24, 2.45) is 0 Å². The molecule has 0 saturated carbocycles. The molecule has 0 saturated heterocycles. The highest BCUT2D eigenvalue weighted by molar-refractivity contribution is 7.89. The lowest BCUT2D eigenvalue weighted by molar-refractivity contribution is 0.396. The van der Waals surface area contributed by atoms with Gasteiger partial charge < -0.3 is 9.84 Å². The standard InChI is InChI=1S/C19H21N3O4S/c1-4-21-27(24,25)19-11-14(17(23)12-18(19)26-3)16-9-10-20-22(16)15-8-6-5-7-13(15)2/h5-12,21,23H,4H2,1-3H3. The molecule has 1 aromatic heterocycles. The summed E-state index contributed by atoms with van der Waals surface area (Å²) in [6.07, 6.45) is 1.60. The minimum atomic E-state index is -3.78. The van der Waals surface area contributed by atoms with Crippen LogP contribution in [-0.2, 0) is 10.0 Å². The average molecular weight is 387 g/mol. The third-order valence-electron chi connectivity index (χ3n) is 4.17. The summed E-state index contributed by atoms with van der Waals surface area (Å²) in [4.78, 5) is -0.0443. The predicted molar refractivity (Wildman–Crippen MR) is 103 cm³/mol. The molecule has 0 unspecified atom stereocenters. The maximum atomic E-state index is 12.6. The Hall–Kier alpha value is -2.84. The zero-order chi connectivity index (χ0) is 19.6.